The summed E-state index contributed by atoms with van der Waals surface area (Å²) in [7, 11) is 0. The van der Waals surface area contributed by atoms with Gasteiger partial charge in [-0.05, 0) is 48.6 Å². The molecule has 0 saturated carbocycles. The van der Waals surface area contributed by atoms with E-state index in [9.17, 15) is 0 Å². The molecule has 0 spiro atoms. The third-order valence-corrected chi connectivity index (χ3v) is 4.72. The number of nitrogens with zero attached hydrogens (tertiary/aromatic N) is 1. The smallest absolute Gasteiger partial charge is 0.0579 e. The number of unbranched alkanes of at least 4 members (excludes halogenated alkanes) is 1. The number of hydrogen-bond donors (Lipinski definition) is 1. The van der Waals surface area contributed by atoms with E-state index in [0.29, 0.717) is 11.8 Å². The van der Waals surface area contributed by atoms with Gasteiger partial charge in [-0.2, -0.15) is 0 Å². The first kappa shape index (κ1) is 18.8. The van der Waals surface area contributed by atoms with Crippen LogP contribution in [0.1, 0.15) is 89.7 Å². The summed E-state index contributed by atoms with van der Waals surface area (Å²) >= 11 is 0. The first-order chi connectivity index (χ1) is 11.5. The largest absolute Gasteiger partial charge is 0.354 e. The lowest BCUT2D eigenvalue weighted by Gasteiger charge is -2.24. The van der Waals surface area contributed by atoms with Crippen molar-refractivity contribution in [3.05, 3.63) is 41.1 Å². The Kier molecular flexibility index (Phi) is 7.08. The van der Waals surface area contributed by atoms with Crippen LogP contribution in [0.3, 0.4) is 0 Å². The molecule has 0 aliphatic heterocycles. The van der Waals surface area contributed by atoms with Gasteiger partial charge in [-0.1, -0.05) is 65.3 Å². The standard InChI is InChI=1S/C22H34N2/c1-6-7-15-23-20-13-8-9-14-21(20)24-22-18(16(2)3)11-10-12-19(22)17(4)5/h10-12,14,16-17,24H,6-9,13,15H2,1-5H3/b23-20+. The van der Waals surface area contributed by atoms with Crippen molar-refractivity contribution in [3.8, 4) is 0 Å². The molecular formula is C22H34N2. The molecule has 0 unspecified atom stereocenters. The Morgan fingerprint density at radius 1 is 1.08 bits per heavy atom. The maximum Gasteiger partial charge on any atom is 0.0579 e. The van der Waals surface area contributed by atoms with Crippen molar-refractivity contribution in [2.45, 2.75) is 78.6 Å². The maximum absolute atomic E-state index is 4.89. The van der Waals surface area contributed by atoms with Crippen molar-refractivity contribution in [1.82, 2.24) is 0 Å². The first-order valence-corrected chi connectivity index (χ1v) is 9.68. The van der Waals surface area contributed by atoms with Crippen LogP contribution in [-0.4, -0.2) is 12.3 Å². The first-order valence-electron chi connectivity index (χ1n) is 9.68. The topological polar surface area (TPSA) is 24.4 Å². The van der Waals surface area contributed by atoms with Gasteiger partial charge in [0.1, 0.15) is 0 Å². The van der Waals surface area contributed by atoms with Crippen molar-refractivity contribution >= 4 is 11.4 Å². The van der Waals surface area contributed by atoms with Crippen LogP contribution in [-0.2, 0) is 0 Å². The number of hydrogen-bond acceptors (Lipinski definition) is 2. The van der Waals surface area contributed by atoms with E-state index in [0.717, 1.165) is 19.4 Å². The monoisotopic (exact) mass is 326 g/mol. The Balaban J connectivity index is 2.34. The van der Waals surface area contributed by atoms with E-state index in [-0.39, 0.29) is 0 Å². The predicted octanol–water partition coefficient (Wildman–Crippen LogP) is 6.65. The molecule has 2 heteroatoms. The van der Waals surface area contributed by atoms with E-state index in [4.69, 9.17) is 4.99 Å². The van der Waals surface area contributed by atoms with Crippen molar-refractivity contribution in [3.63, 3.8) is 0 Å². The highest BCUT2D eigenvalue weighted by Crippen LogP contribution is 2.34. The second-order valence-electron chi connectivity index (χ2n) is 7.44. The predicted molar refractivity (Wildman–Crippen MR) is 107 cm³/mol. The molecule has 2 nitrogen and oxygen atoms in total. The lowest BCUT2D eigenvalue weighted by Crippen LogP contribution is -2.18. The number of benzene rings is 1. The van der Waals surface area contributed by atoms with Gasteiger partial charge in [0.15, 0.2) is 0 Å². The van der Waals surface area contributed by atoms with Crippen LogP contribution in [0.15, 0.2) is 35.0 Å². The molecule has 1 aromatic carbocycles. The number of nitrogens with one attached hydrogen (secondary N) is 1. The Hall–Kier alpha value is -1.57. The lowest BCUT2D eigenvalue weighted by molar-refractivity contribution is 0.794. The summed E-state index contributed by atoms with van der Waals surface area (Å²) in [6.07, 6.45) is 8.20. The van der Waals surface area contributed by atoms with Gasteiger partial charge in [0.05, 0.1) is 11.4 Å². The van der Waals surface area contributed by atoms with Gasteiger partial charge in [-0.3, -0.25) is 4.99 Å². The highest BCUT2D eigenvalue weighted by atomic mass is 14.9. The van der Waals surface area contributed by atoms with Crippen molar-refractivity contribution < 1.29 is 0 Å². The number of allylic oxidation sites excluding steroid dienone is 2. The normalized spacial score (nSPS) is 16.8. The zero-order chi connectivity index (χ0) is 17.5. The number of rotatable bonds is 7. The molecule has 0 atom stereocenters. The highest BCUT2D eigenvalue weighted by Gasteiger charge is 2.18. The van der Waals surface area contributed by atoms with Gasteiger partial charge >= 0.3 is 0 Å². The average Bonchev–Trinajstić information content (AvgIpc) is 2.56. The maximum atomic E-state index is 4.89. The van der Waals surface area contributed by atoms with E-state index in [1.54, 1.807) is 0 Å². The Labute approximate surface area is 148 Å². The van der Waals surface area contributed by atoms with E-state index in [1.165, 1.54) is 47.5 Å². The van der Waals surface area contributed by atoms with Crippen LogP contribution in [0, 0.1) is 0 Å². The molecule has 1 aliphatic rings. The molecule has 0 amide bonds. The summed E-state index contributed by atoms with van der Waals surface area (Å²) in [6, 6.07) is 6.72. The molecule has 2 rings (SSSR count). The minimum absolute atomic E-state index is 0.510. The van der Waals surface area contributed by atoms with Crippen LogP contribution in [0.25, 0.3) is 0 Å². The summed E-state index contributed by atoms with van der Waals surface area (Å²) in [5, 5.41) is 3.79. The minimum atomic E-state index is 0.510. The summed E-state index contributed by atoms with van der Waals surface area (Å²) in [6.45, 7) is 12.3. The quantitative estimate of drug-likeness (QED) is 0.557. The van der Waals surface area contributed by atoms with E-state index < -0.39 is 0 Å². The third-order valence-electron chi connectivity index (χ3n) is 4.72. The second kappa shape index (κ2) is 9.05. The zero-order valence-electron chi connectivity index (χ0n) is 16.2. The minimum Gasteiger partial charge on any atom is -0.354 e. The van der Waals surface area contributed by atoms with Crippen LogP contribution in [0.2, 0.25) is 0 Å². The fourth-order valence-corrected chi connectivity index (χ4v) is 3.26. The van der Waals surface area contributed by atoms with Crippen LogP contribution >= 0.6 is 0 Å². The summed E-state index contributed by atoms with van der Waals surface area (Å²) in [5.41, 5.74) is 6.62. The Morgan fingerprint density at radius 3 is 2.33 bits per heavy atom. The zero-order valence-corrected chi connectivity index (χ0v) is 16.2. The third kappa shape index (κ3) is 4.72. The number of aliphatic imine (C=N–C) groups is 1. The van der Waals surface area contributed by atoms with E-state index in [1.807, 2.05) is 0 Å². The van der Waals surface area contributed by atoms with Gasteiger partial charge < -0.3 is 5.32 Å². The fraction of sp³-hybridized carbons (Fsp3) is 0.591. The van der Waals surface area contributed by atoms with Crippen molar-refractivity contribution in [2.24, 2.45) is 4.99 Å². The Morgan fingerprint density at radius 2 is 1.75 bits per heavy atom. The van der Waals surface area contributed by atoms with Gasteiger partial charge in [0, 0.05) is 12.2 Å². The highest BCUT2D eigenvalue weighted by molar-refractivity contribution is 6.03. The SMILES string of the molecule is CCCC/N=C1\CCCC=C1Nc1c(C(C)C)cccc1C(C)C. The van der Waals surface area contributed by atoms with Crippen molar-refractivity contribution in [2.75, 3.05) is 11.9 Å². The van der Waals surface area contributed by atoms with Crippen LogP contribution in [0.5, 0.6) is 0 Å². The fourth-order valence-electron chi connectivity index (χ4n) is 3.26. The van der Waals surface area contributed by atoms with Gasteiger partial charge in [0.2, 0.25) is 0 Å². The van der Waals surface area contributed by atoms with E-state index >= 15 is 0 Å². The molecule has 0 fully saturated rings. The summed E-state index contributed by atoms with van der Waals surface area (Å²) in [5.74, 6) is 1.02. The molecule has 132 valence electrons. The molecule has 1 aliphatic carbocycles. The molecule has 1 N–H and O–H groups in total. The molecule has 0 radical (unpaired) electrons. The summed E-state index contributed by atoms with van der Waals surface area (Å²) in [4.78, 5) is 4.89. The van der Waals surface area contributed by atoms with Crippen molar-refractivity contribution in [1.29, 1.82) is 0 Å². The van der Waals surface area contributed by atoms with Gasteiger partial charge in [0.25, 0.3) is 0 Å². The molecule has 0 bridgehead atoms. The molecule has 1 aromatic rings. The van der Waals surface area contributed by atoms with Crippen LogP contribution in [0.4, 0.5) is 5.69 Å². The molecule has 0 heterocycles. The van der Waals surface area contributed by atoms with Gasteiger partial charge in [-0.25, -0.2) is 0 Å². The Bertz CT molecular complexity index is 568. The number of para-hydroxylation sites is 1. The van der Waals surface area contributed by atoms with Crippen LogP contribution < -0.4 is 5.32 Å². The molecular weight excluding hydrogens is 292 g/mol. The molecule has 24 heavy (non-hydrogen) atoms. The van der Waals surface area contributed by atoms with E-state index in [2.05, 4.69) is 64.2 Å². The van der Waals surface area contributed by atoms with Gasteiger partial charge in [-0.15, -0.1) is 0 Å². The lowest BCUT2D eigenvalue weighted by atomic mass is 9.92. The number of anilines is 1. The molecule has 0 aromatic heterocycles. The molecule has 0 saturated heterocycles. The second-order valence-corrected chi connectivity index (χ2v) is 7.44. The summed E-state index contributed by atoms with van der Waals surface area (Å²) < 4.78 is 0. The average molecular weight is 327 g/mol.